The SMILES string of the molecule is CCc1ccc(-c2[nH]c3ccccc3c2NC(=O)NCC2CCCO2)cc1. The first-order valence-corrected chi connectivity index (χ1v) is 9.61. The fourth-order valence-corrected chi connectivity index (χ4v) is 3.56. The van der Waals surface area contributed by atoms with Gasteiger partial charge in [-0.15, -0.1) is 0 Å². The van der Waals surface area contributed by atoms with Gasteiger partial charge in [0.25, 0.3) is 0 Å². The zero-order chi connectivity index (χ0) is 18.6. The molecule has 1 unspecified atom stereocenters. The van der Waals surface area contributed by atoms with Gasteiger partial charge >= 0.3 is 6.03 Å². The summed E-state index contributed by atoms with van der Waals surface area (Å²) in [6.07, 6.45) is 3.19. The molecule has 3 aromatic rings. The summed E-state index contributed by atoms with van der Waals surface area (Å²) in [6, 6.07) is 16.3. The molecule has 1 saturated heterocycles. The maximum absolute atomic E-state index is 12.5. The van der Waals surface area contributed by atoms with Crippen LogP contribution in [0.2, 0.25) is 0 Å². The van der Waals surface area contributed by atoms with E-state index < -0.39 is 0 Å². The number of rotatable bonds is 5. The van der Waals surface area contributed by atoms with E-state index in [1.165, 1.54) is 5.56 Å². The molecule has 0 aliphatic carbocycles. The summed E-state index contributed by atoms with van der Waals surface area (Å²) in [5, 5.41) is 6.98. The Bertz CT molecular complexity index is 924. The zero-order valence-corrected chi connectivity index (χ0v) is 15.5. The van der Waals surface area contributed by atoms with Crippen molar-refractivity contribution < 1.29 is 9.53 Å². The maximum Gasteiger partial charge on any atom is 0.319 e. The van der Waals surface area contributed by atoms with Crippen LogP contribution in [0.1, 0.15) is 25.3 Å². The summed E-state index contributed by atoms with van der Waals surface area (Å²) in [5.41, 5.74) is 5.07. The number of anilines is 1. The van der Waals surface area contributed by atoms with Crippen molar-refractivity contribution in [1.29, 1.82) is 0 Å². The van der Waals surface area contributed by atoms with E-state index >= 15 is 0 Å². The number of amides is 2. The number of fused-ring (bicyclic) bond motifs is 1. The highest BCUT2D eigenvalue weighted by Crippen LogP contribution is 2.35. The molecule has 2 aromatic carbocycles. The van der Waals surface area contributed by atoms with E-state index in [1.54, 1.807) is 0 Å². The third kappa shape index (κ3) is 3.83. The summed E-state index contributed by atoms with van der Waals surface area (Å²) in [7, 11) is 0. The second kappa shape index (κ2) is 7.84. The minimum absolute atomic E-state index is 0.125. The Labute approximate surface area is 159 Å². The number of hydrogen-bond acceptors (Lipinski definition) is 2. The zero-order valence-electron chi connectivity index (χ0n) is 15.5. The van der Waals surface area contributed by atoms with Crippen LogP contribution in [0.4, 0.5) is 10.5 Å². The van der Waals surface area contributed by atoms with Crippen molar-refractivity contribution in [2.45, 2.75) is 32.3 Å². The topological polar surface area (TPSA) is 66.2 Å². The first kappa shape index (κ1) is 17.6. The Morgan fingerprint density at radius 3 is 2.74 bits per heavy atom. The van der Waals surface area contributed by atoms with Crippen molar-refractivity contribution in [1.82, 2.24) is 10.3 Å². The van der Waals surface area contributed by atoms with Crippen LogP contribution in [0.3, 0.4) is 0 Å². The molecule has 0 bridgehead atoms. The predicted octanol–water partition coefficient (Wildman–Crippen LogP) is 4.70. The molecule has 2 heterocycles. The van der Waals surface area contributed by atoms with Gasteiger partial charge in [0.1, 0.15) is 0 Å². The smallest absolute Gasteiger partial charge is 0.319 e. The van der Waals surface area contributed by atoms with Crippen LogP contribution >= 0.6 is 0 Å². The van der Waals surface area contributed by atoms with Gasteiger partial charge in [0.05, 0.1) is 17.5 Å². The van der Waals surface area contributed by atoms with Gasteiger partial charge in [-0.05, 0) is 30.9 Å². The molecule has 5 nitrogen and oxygen atoms in total. The minimum atomic E-state index is -0.207. The Kier molecular flexibility index (Phi) is 5.12. The number of aryl methyl sites for hydroxylation is 1. The second-order valence-corrected chi connectivity index (χ2v) is 6.94. The summed E-state index contributed by atoms with van der Waals surface area (Å²) < 4.78 is 5.57. The van der Waals surface area contributed by atoms with Crippen molar-refractivity contribution in [3.8, 4) is 11.3 Å². The maximum atomic E-state index is 12.5. The van der Waals surface area contributed by atoms with Crippen LogP contribution in [0.15, 0.2) is 48.5 Å². The van der Waals surface area contributed by atoms with Crippen LogP contribution in [0, 0.1) is 0 Å². The molecule has 1 aromatic heterocycles. The van der Waals surface area contributed by atoms with Crippen molar-refractivity contribution in [2.75, 3.05) is 18.5 Å². The number of hydrogen-bond donors (Lipinski definition) is 3. The molecule has 1 aliphatic heterocycles. The quantitative estimate of drug-likeness (QED) is 0.615. The lowest BCUT2D eigenvalue weighted by atomic mass is 10.1. The number of H-pyrrole nitrogens is 1. The van der Waals surface area contributed by atoms with Gasteiger partial charge in [-0.3, -0.25) is 0 Å². The summed E-state index contributed by atoms with van der Waals surface area (Å²) in [6.45, 7) is 3.46. The van der Waals surface area contributed by atoms with Gasteiger partial charge in [0.2, 0.25) is 0 Å². The Morgan fingerprint density at radius 2 is 2.00 bits per heavy atom. The average molecular weight is 363 g/mol. The van der Waals surface area contributed by atoms with Crippen LogP contribution in [-0.2, 0) is 11.2 Å². The molecule has 2 amide bonds. The summed E-state index contributed by atoms with van der Waals surface area (Å²) >= 11 is 0. The third-order valence-corrected chi connectivity index (χ3v) is 5.11. The van der Waals surface area contributed by atoms with Crippen molar-refractivity contribution in [3.05, 3.63) is 54.1 Å². The van der Waals surface area contributed by atoms with Crippen molar-refractivity contribution in [3.63, 3.8) is 0 Å². The molecule has 27 heavy (non-hydrogen) atoms. The fourth-order valence-electron chi connectivity index (χ4n) is 3.56. The van der Waals surface area contributed by atoms with E-state index in [4.69, 9.17) is 4.74 Å². The van der Waals surface area contributed by atoms with E-state index in [0.29, 0.717) is 6.54 Å². The molecule has 0 radical (unpaired) electrons. The Balaban J connectivity index is 1.60. The van der Waals surface area contributed by atoms with Gasteiger partial charge in [-0.25, -0.2) is 4.79 Å². The number of benzene rings is 2. The van der Waals surface area contributed by atoms with Crippen molar-refractivity contribution in [2.24, 2.45) is 0 Å². The van der Waals surface area contributed by atoms with E-state index in [2.05, 4.69) is 46.8 Å². The van der Waals surface area contributed by atoms with Gasteiger partial charge in [0.15, 0.2) is 0 Å². The number of carbonyl (C=O) groups excluding carboxylic acids is 1. The molecule has 1 fully saturated rings. The number of carbonyl (C=O) groups is 1. The molecular formula is C22H25N3O2. The van der Waals surface area contributed by atoms with Crippen LogP contribution in [0.25, 0.3) is 22.2 Å². The molecule has 1 aliphatic rings. The number of aromatic amines is 1. The Morgan fingerprint density at radius 1 is 1.19 bits per heavy atom. The molecule has 5 heteroatoms. The third-order valence-electron chi connectivity index (χ3n) is 5.11. The fraction of sp³-hybridized carbons (Fsp3) is 0.318. The number of aromatic nitrogens is 1. The molecule has 0 saturated carbocycles. The lowest BCUT2D eigenvalue weighted by molar-refractivity contribution is 0.112. The van der Waals surface area contributed by atoms with Gasteiger partial charge < -0.3 is 20.4 Å². The van der Waals surface area contributed by atoms with Gasteiger partial charge in [0, 0.05) is 29.6 Å². The van der Waals surface area contributed by atoms with Crippen LogP contribution in [-0.4, -0.2) is 30.3 Å². The highest BCUT2D eigenvalue weighted by molar-refractivity contribution is 6.07. The largest absolute Gasteiger partial charge is 0.376 e. The number of para-hydroxylation sites is 1. The first-order valence-electron chi connectivity index (χ1n) is 9.61. The second-order valence-electron chi connectivity index (χ2n) is 6.94. The van der Waals surface area contributed by atoms with Gasteiger partial charge in [-0.2, -0.15) is 0 Å². The monoisotopic (exact) mass is 363 g/mol. The van der Waals surface area contributed by atoms with Crippen molar-refractivity contribution >= 4 is 22.6 Å². The highest BCUT2D eigenvalue weighted by Gasteiger charge is 2.18. The van der Waals surface area contributed by atoms with Gasteiger partial charge in [-0.1, -0.05) is 49.4 Å². The number of ether oxygens (including phenoxy) is 1. The summed E-state index contributed by atoms with van der Waals surface area (Å²) in [4.78, 5) is 16.0. The predicted molar refractivity (Wildman–Crippen MR) is 109 cm³/mol. The normalized spacial score (nSPS) is 16.6. The number of nitrogens with one attached hydrogen (secondary N) is 3. The molecule has 4 rings (SSSR count). The lowest BCUT2D eigenvalue weighted by Gasteiger charge is -2.13. The number of urea groups is 1. The highest BCUT2D eigenvalue weighted by atomic mass is 16.5. The lowest BCUT2D eigenvalue weighted by Crippen LogP contribution is -2.35. The molecule has 140 valence electrons. The molecule has 3 N–H and O–H groups in total. The molecule has 1 atom stereocenters. The molecular weight excluding hydrogens is 338 g/mol. The van der Waals surface area contributed by atoms with E-state index in [1.807, 2.05) is 24.3 Å². The minimum Gasteiger partial charge on any atom is -0.376 e. The summed E-state index contributed by atoms with van der Waals surface area (Å²) in [5.74, 6) is 0. The van der Waals surface area contributed by atoms with E-state index in [-0.39, 0.29) is 12.1 Å². The first-order chi connectivity index (χ1) is 13.2. The molecule has 0 spiro atoms. The van der Waals surface area contributed by atoms with E-state index in [9.17, 15) is 4.79 Å². The van der Waals surface area contributed by atoms with Crippen LogP contribution < -0.4 is 10.6 Å². The Hall–Kier alpha value is -2.79. The van der Waals surface area contributed by atoms with E-state index in [0.717, 1.165) is 53.7 Å². The average Bonchev–Trinajstić information content (AvgIpc) is 3.35. The van der Waals surface area contributed by atoms with Crippen LogP contribution in [0.5, 0.6) is 0 Å². The standard InChI is InChI=1S/C22H25N3O2/c1-2-15-9-11-16(12-10-15)20-21(18-7-3-4-8-19(18)24-20)25-22(26)23-14-17-6-5-13-27-17/h3-4,7-12,17,24H,2,5-6,13-14H2,1H3,(H2,23,25,26).